The molecule has 1 aliphatic heterocycles. The van der Waals surface area contributed by atoms with Crippen LogP contribution in [0, 0.1) is 5.92 Å². The maximum atomic E-state index is 11.6. The van der Waals surface area contributed by atoms with Crippen molar-refractivity contribution in [2.45, 2.75) is 0 Å². The van der Waals surface area contributed by atoms with Gasteiger partial charge in [-0.05, 0) is 0 Å². The van der Waals surface area contributed by atoms with Crippen LogP contribution in [0.25, 0.3) is 0 Å². The molecule has 0 spiro atoms. The molecule has 0 bridgehead atoms. The van der Waals surface area contributed by atoms with Gasteiger partial charge < -0.3 is 4.57 Å². The fourth-order valence-corrected chi connectivity index (χ4v) is 1.91. The minimum atomic E-state index is 0.203. The molecule has 64 valence electrons. The number of carbonyl (C=O) groups is 1. The molecule has 0 N–H and O–H groups in total. The van der Waals surface area contributed by atoms with Gasteiger partial charge in [0.2, 0.25) is 0 Å². The zero-order valence-corrected chi connectivity index (χ0v) is 7.67. The van der Waals surface area contributed by atoms with Crippen molar-refractivity contribution in [3.8, 4) is 0 Å². The van der Waals surface area contributed by atoms with Crippen LogP contribution in [0.15, 0.2) is 12.5 Å². The molecule has 0 radical (unpaired) electrons. The summed E-state index contributed by atoms with van der Waals surface area (Å²) in [5, 5.41) is 0. The van der Waals surface area contributed by atoms with Crippen molar-refractivity contribution < 1.29 is 4.79 Å². The number of hydrogen-bond donors (Lipinski definition) is 0. The van der Waals surface area contributed by atoms with Crippen molar-refractivity contribution >= 4 is 17.5 Å². The van der Waals surface area contributed by atoms with Gasteiger partial charge in [-0.15, -0.1) is 0 Å². The standard InChI is InChI=1S/C8H10N2OS/c1-10-2-7(9-5-10)8(11)6-3-12-4-6/h2,5-6H,3-4H2,1H3. The van der Waals surface area contributed by atoms with Gasteiger partial charge >= 0.3 is 0 Å². The third-order valence-electron chi connectivity index (χ3n) is 1.97. The van der Waals surface area contributed by atoms with Gasteiger partial charge in [0.25, 0.3) is 0 Å². The van der Waals surface area contributed by atoms with Crippen molar-refractivity contribution in [3.05, 3.63) is 18.2 Å². The maximum absolute atomic E-state index is 11.6. The van der Waals surface area contributed by atoms with Crippen molar-refractivity contribution in [3.63, 3.8) is 0 Å². The largest absolute Gasteiger partial charge is 0.340 e. The van der Waals surface area contributed by atoms with Crippen LogP contribution < -0.4 is 0 Å². The van der Waals surface area contributed by atoms with Gasteiger partial charge in [0, 0.05) is 30.7 Å². The van der Waals surface area contributed by atoms with E-state index in [1.807, 2.05) is 18.8 Å². The molecule has 1 aliphatic rings. The summed E-state index contributed by atoms with van der Waals surface area (Å²) in [4.78, 5) is 15.6. The summed E-state index contributed by atoms with van der Waals surface area (Å²) in [5.74, 6) is 2.37. The lowest BCUT2D eigenvalue weighted by Crippen LogP contribution is -2.27. The molecule has 1 fully saturated rings. The predicted octanol–water partition coefficient (Wildman–Crippen LogP) is 0.966. The van der Waals surface area contributed by atoms with Gasteiger partial charge in [0.05, 0.1) is 6.33 Å². The smallest absolute Gasteiger partial charge is 0.187 e. The lowest BCUT2D eigenvalue weighted by Gasteiger charge is -2.21. The molecule has 0 atom stereocenters. The quantitative estimate of drug-likeness (QED) is 0.639. The first-order chi connectivity index (χ1) is 5.77. The second-order valence-electron chi connectivity index (χ2n) is 3.02. The van der Waals surface area contributed by atoms with E-state index in [1.165, 1.54) is 0 Å². The number of nitrogens with zero attached hydrogens (tertiary/aromatic N) is 2. The summed E-state index contributed by atoms with van der Waals surface area (Å²) in [5.41, 5.74) is 0.614. The molecule has 1 aromatic rings. The molecular formula is C8H10N2OS. The number of ketones is 1. The van der Waals surface area contributed by atoms with Crippen molar-refractivity contribution in [2.24, 2.45) is 13.0 Å². The monoisotopic (exact) mass is 182 g/mol. The second-order valence-corrected chi connectivity index (χ2v) is 4.10. The Morgan fingerprint density at radius 1 is 1.75 bits per heavy atom. The van der Waals surface area contributed by atoms with Crippen LogP contribution in [0.5, 0.6) is 0 Å². The average Bonchev–Trinajstić information content (AvgIpc) is 2.31. The molecule has 12 heavy (non-hydrogen) atoms. The van der Waals surface area contributed by atoms with E-state index in [2.05, 4.69) is 4.98 Å². The fraction of sp³-hybridized carbons (Fsp3) is 0.500. The highest BCUT2D eigenvalue weighted by atomic mass is 32.2. The zero-order chi connectivity index (χ0) is 8.55. The summed E-state index contributed by atoms with van der Waals surface area (Å²) in [7, 11) is 1.87. The molecule has 0 saturated carbocycles. The SMILES string of the molecule is Cn1cnc(C(=O)C2CSC2)c1. The van der Waals surface area contributed by atoms with Crippen molar-refractivity contribution in [1.29, 1.82) is 0 Å². The van der Waals surface area contributed by atoms with E-state index in [-0.39, 0.29) is 11.7 Å². The van der Waals surface area contributed by atoms with Gasteiger partial charge in [-0.2, -0.15) is 11.8 Å². The first kappa shape index (κ1) is 7.86. The molecular weight excluding hydrogens is 172 g/mol. The Kier molecular flexibility index (Phi) is 1.92. The molecule has 0 aromatic carbocycles. The Morgan fingerprint density at radius 2 is 2.50 bits per heavy atom. The molecule has 3 nitrogen and oxygen atoms in total. The van der Waals surface area contributed by atoms with E-state index in [0.717, 1.165) is 11.5 Å². The van der Waals surface area contributed by atoms with Gasteiger partial charge in [-0.3, -0.25) is 4.79 Å². The van der Waals surface area contributed by atoms with Gasteiger partial charge in [0.15, 0.2) is 5.78 Å². The lowest BCUT2D eigenvalue weighted by molar-refractivity contribution is 0.0934. The third kappa shape index (κ3) is 1.27. The molecule has 4 heteroatoms. The van der Waals surface area contributed by atoms with Crippen LogP contribution >= 0.6 is 11.8 Å². The van der Waals surface area contributed by atoms with Gasteiger partial charge in [-0.25, -0.2) is 4.98 Å². The van der Waals surface area contributed by atoms with E-state index < -0.39 is 0 Å². The average molecular weight is 182 g/mol. The molecule has 0 unspecified atom stereocenters. The van der Waals surface area contributed by atoms with Crippen LogP contribution in [0.4, 0.5) is 0 Å². The Hall–Kier alpha value is -0.770. The number of rotatable bonds is 2. The number of Topliss-reactive ketones (excluding diaryl/α,β-unsaturated/α-hetero) is 1. The third-order valence-corrected chi connectivity index (χ3v) is 3.24. The van der Waals surface area contributed by atoms with Crippen LogP contribution in [-0.2, 0) is 7.05 Å². The summed E-state index contributed by atoms with van der Waals surface area (Å²) < 4.78 is 1.80. The fourth-order valence-electron chi connectivity index (χ4n) is 1.14. The summed E-state index contributed by atoms with van der Waals surface area (Å²) in [6.07, 6.45) is 3.45. The summed E-state index contributed by atoms with van der Waals surface area (Å²) in [6, 6.07) is 0. The normalized spacial score (nSPS) is 17.4. The summed E-state index contributed by atoms with van der Waals surface area (Å²) >= 11 is 1.82. The van der Waals surface area contributed by atoms with Crippen molar-refractivity contribution in [2.75, 3.05) is 11.5 Å². The highest BCUT2D eigenvalue weighted by Gasteiger charge is 2.27. The summed E-state index contributed by atoms with van der Waals surface area (Å²) in [6.45, 7) is 0. The van der Waals surface area contributed by atoms with E-state index in [1.54, 1.807) is 17.1 Å². The molecule has 0 amide bonds. The molecule has 2 heterocycles. The van der Waals surface area contributed by atoms with E-state index in [4.69, 9.17) is 0 Å². The number of aromatic nitrogens is 2. The number of aryl methyl sites for hydroxylation is 1. The predicted molar refractivity (Wildman–Crippen MR) is 48.4 cm³/mol. The Bertz CT molecular complexity index is 304. The first-order valence-corrected chi connectivity index (χ1v) is 5.03. The maximum Gasteiger partial charge on any atom is 0.187 e. The molecule has 1 aromatic heterocycles. The molecule has 2 rings (SSSR count). The molecule has 0 aliphatic carbocycles. The van der Waals surface area contributed by atoms with Crippen LogP contribution in [0.3, 0.4) is 0 Å². The van der Waals surface area contributed by atoms with Crippen LogP contribution in [0.1, 0.15) is 10.5 Å². The highest BCUT2D eigenvalue weighted by molar-refractivity contribution is 8.00. The van der Waals surface area contributed by atoms with E-state index >= 15 is 0 Å². The number of carbonyl (C=O) groups excluding carboxylic acids is 1. The van der Waals surface area contributed by atoms with E-state index in [9.17, 15) is 4.79 Å². The topological polar surface area (TPSA) is 34.9 Å². The first-order valence-electron chi connectivity index (χ1n) is 3.87. The van der Waals surface area contributed by atoms with Crippen LogP contribution in [-0.4, -0.2) is 26.8 Å². The second kappa shape index (κ2) is 2.94. The zero-order valence-electron chi connectivity index (χ0n) is 6.86. The van der Waals surface area contributed by atoms with Gasteiger partial charge in [-0.1, -0.05) is 0 Å². The minimum absolute atomic E-state index is 0.203. The minimum Gasteiger partial charge on any atom is -0.340 e. The van der Waals surface area contributed by atoms with Crippen LogP contribution in [0.2, 0.25) is 0 Å². The number of hydrogen-bond acceptors (Lipinski definition) is 3. The highest BCUT2D eigenvalue weighted by Crippen LogP contribution is 2.27. The molecule has 1 saturated heterocycles. The Balaban J connectivity index is 2.13. The van der Waals surface area contributed by atoms with Gasteiger partial charge in [0.1, 0.15) is 5.69 Å². The Labute approximate surface area is 75.2 Å². The number of imidazole rings is 1. The Morgan fingerprint density at radius 3 is 2.92 bits per heavy atom. The number of thioether (sulfide) groups is 1. The van der Waals surface area contributed by atoms with E-state index in [0.29, 0.717) is 5.69 Å². The van der Waals surface area contributed by atoms with Crippen molar-refractivity contribution in [1.82, 2.24) is 9.55 Å². The lowest BCUT2D eigenvalue weighted by atomic mass is 10.1.